The molecule has 1 heterocycles. The van der Waals surface area contributed by atoms with E-state index < -0.39 is 5.60 Å². The van der Waals surface area contributed by atoms with E-state index in [0.717, 1.165) is 23.5 Å². The molecule has 0 aromatic heterocycles. The largest absolute Gasteiger partial charge is 0.389 e. The van der Waals surface area contributed by atoms with Gasteiger partial charge >= 0.3 is 0 Å². The van der Waals surface area contributed by atoms with E-state index in [4.69, 9.17) is 23.2 Å². The summed E-state index contributed by atoms with van der Waals surface area (Å²) in [4.78, 5) is 0. The van der Waals surface area contributed by atoms with Gasteiger partial charge in [0.25, 0.3) is 0 Å². The zero-order valence-corrected chi connectivity index (χ0v) is 13.0. The SMILES string of the molecule is CC1(C)CSCC(O)(Cc2ccc(Cl)c(Cl)c2)C1. The second-order valence-corrected chi connectivity index (χ2v) is 7.78. The molecule has 100 valence electrons. The summed E-state index contributed by atoms with van der Waals surface area (Å²) in [5.41, 5.74) is 0.600. The van der Waals surface area contributed by atoms with Crippen LogP contribution in [0.15, 0.2) is 18.2 Å². The molecule has 0 spiro atoms. The number of hydrogen-bond donors (Lipinski definition) is 1. The van der Waals surface area contributed by atoms with Crippen LogP contribution < -0.4 is 0 Å². The first-order chi connectivity index (χ1) is 8.30. The molecule has 1 unspecified atom stereocenters. The Kier molecular flexibility index (Phi) is 4.23. The smallest absolute Gasteiger partial charge is 0.0783 e. The highest BCUT2D eigenvalue weighted by Gasteiger charge is 2.38. The van der Waals surface area contributed by atoms with E-state index in [1.54, 1.807) is 6.07 Å². The van der Waals surface area contributed by atoms with E-state index in [0.29, 0.717) is 16.5 Å². The molecule has 0 bridgehead atoms. The van der Waals surface area contributed by atoms with E-state index in [-0.39, 0.29) is 5.41 Å². The lowest BCUT2D eigenvalue weighted by molar-refractivity contribution is 0.0200. The minimum absolute atomic E-state index is 0.188. The Balaban J connectivity index is 2.14. The molecular formula is C14H18Cl2OS. The van der Waals surface area contributed by atoms with Crippen LogP contribution in [0.4, 0.5) is 0 Å². The van der Waals surface area contributed by atoms with E-state index in [9.17, 15) is 5.11 Å². The first-order valence-electron chi connectivity index (χ1n) is 6.04. The highest BCUT2D eigenvalue weighted by molar-refractivity contribution is 7.99. The van der Waals surface area contributed by atoms with Gasteiger partial charge in [-0.15, -0.1) is 0 Å². The molecule has 0 amide bonds. The normalized spacial score (nSPS) is 27.2. The predicted octanol–water partition coefficient (Wildman–Crippen LogP) is 4.43. The Morgan fingerprint density at radius 2 is 1.94 bits per heavy atom. The van der Waals surface area contributed by atoms with Crippen LogP contribution in [-0.4, -0.2) is 22.2 Å². The molecule has 1 aliphatic rings. The number of hydrogen-bond acceptors (Lipinski definition) is 2. The van der Waals surface area contributed by atoms with Gasteiger partial charge in [-0.05, 0) is 35.3 Å². The molecule has 1 nitrogen and oxygen atoms in total. The van der Waals surface area contributed by atoms with Gasteiger partial charge in [0.2, 0.25) is 0 Å². The molecule has 1 aromatic rings. The van der Waals surface area contributed by atoms with Crippen molar-refractivity contribution >= 4 is 35.0 Å². The quantitative estimate of drug-likeness (QED) is 0.872. The van der Waals surface area contributed by atoms with Gasteiger partial charge in [0, 0.05) is 12.2 Å². The molecule has 4 heteroatoms. The Morgan fingerprint density at radius 3 is 2.56 bits per heavy atom. The van der Waals surface area contributed by atoms with Crippen LogP contribution in [0.5, 0.6) is 0 Å². The fourth-order valence-electron chi connectivity index (χ4n) is 2.65. The fourth-order valence-corrected chi connectivity index (χ4v) is 4.31. The van der Waals surface area contributed by atoms with Gasteiger partial charge in [-0.3, -0.25) is 0 Å². The minimum Gasteiger partial charge on any atom is -0.389 e. The summed E-state index contributed by atoms with van der Waals surface area (Å²) < 4.78 is 0. The first kappa shape index (κ1) is 14.5. The zero-order valence-electron chi connectivity index (χ0n) is 10.7. The van der Waals surface area contributed by atoms with Crippen LogP contribution >= 0.6 is 35.0 Å². The average Bonchev–Trinajstić information content (AvgIpc) is 2.21. The number of aliphatic hydroxyl groups is 1. The highest BCUT2D eigenvalue weighted by atomic mass is 35.5. The van der Waals surface area contributed by atoms with Crippen molar-refractivity contribution in [3.63, 3.8) is 0 Å². The van der Waals surface area contributed by atoms with Crippen molar-refractivity contribution in [2.75, 3.05) is 11.5 Å². The molecule has 1 atom stereocenters. The lowest BCUT2D eigenvalue weighted by Gasteiger charge is -2.41. The van der Waals surface area contributed by atoms with E-state index >= 15 is 0 Å². The third kappa shape index (κ3) is 3.57. The number of rotatable bonds is 2. The third-order valence-corrected chi connectivity index (χ3v) is 5.65. The molecule has 0 radical (unpaired) electrons. The monoisotopic (exact) mass is 304 g/mol. The van der Waals surface area contributed by atoms with Crippen LogP contribution in [0.2, 0.25) is 10.0 Å². The minimum atomic E-state index is -0.635. The molecule has 18 heavy (non-hydrogen) atoms. The maximum atomic E-state index is 10.7. The van der Waals surface area contributed by atoms with Gasteiger partial charge < -0.3 is 5.11 Å². The van der Waals surface area contributed by atoms with Crippen molar-refractivity contribution < 1.29 is 5.11 Å². The molecule has 1 aromatic carbocycles. The van der Waals surface area contributed by atoms with Crippen molar-refractivity contribution in [2.45, 2.75) is 32.3 Å². The maximum Gasteiger partial charge on any atom is 0.0783 e. The van der Waals surface area contributed by atoms with Crippen LogP contribution in [-0.2, 0) is 6.42 Å². The van der Waals surface area contributed by atoms with Crippen molar-refractivity contribution in [3.8, 4) is 0 Å². The molecule has 1 aliphatic heterocycles. The summed E-state index contributed by atoms with van der Waals surface area (Å²) in [5.74, 6) is 1.90. The summed E-state index contributed by atoms with van der Waals surface area (Å²) in [6.45, 7) is 4.41. The fraction of sp³-hybridized carbons (Fsp3) is 0.571. The number of halogens is 2. The molecule has 1 fully saturated rings. The Morgan fingerprint density at radius 1 is 1.22 bits per heavy atom. The molecule has 0 aliphatic carbocycles. The molecule has 2 rings (SSSR count). The van der Waals surface area contributed by atoms with Gasteiger partial charge in [0.15, 0.2) is 0 Å². The maximum absolute atomic E-state index is 10.7. The molecule has 1 saturated heterocycles. The summed E-state index contributed by atoms with van der Waals surface area (Å²) in [5, 5.41) is 11.8. The van der Waals surface area contributed by atoms with E-state index in [2.05, 4.69) is 13.8 Å². The number of thioether (sulfide) groups is 1. The first-order valence-corrected chi connectivity index (χ1v) is 7.95. The lowest BCUT2D eigenvalue weighted by atomic mass is 9.79. The topological polar surface area (TPSA) is 20.2 Å². The standard InChI is InChI=1S/C14H18Cl2OS/c1-13(2)7-14(17,9-18-8-13)6-10-3-4-11(15)12(16)5-10/h3-5,17H,6-9H2,1-2H3. The summed E-state index contributed by atoms with van der Waals surface area (Å²) in [6, 6.07) is 5.59. The van der Waals surface area contributed by atoms with Crippen molar-refractivity contribution in [1.29, 1.82) is 0 Å². The zero-order chi connectivity index (χ0) is 13.4. The van der Waals surface area contributed by atoms with Gasteiger partial charge in [-0.25, -0.2) is 0 Å². The molecule has 1 N–H and O–H groups in total. The van der Waals surface area contributed by atoms with Crippen LogP contribution in [0.3, 0.4) is 0 Å². The van der Waals surface area contributed by atoms with Crippen molar-refractivity contribution in [1.82, 2.24) is 0 Å². The predicted molar refractivity (Wildman–Crippen MR) is 80.8 cm³/mol. The molecule has 0 saturated carbocycles. The Hall–Kier alpha value is 0.110. The van der Waals surface area contributed by atoms with Gasteiger partial charge in [0.05, 0.1) is 15.6 Å². The third-order valence-electron chi connectivity index (χ3n) is 3.19. The molecular weight excluding hydrogens is 287 g/mol. The second kappa shape index (κ2) is 5.24. The summed E-state index contributed by atoms with van der Waals surface area (Å²) in [6.07, 6.45) is 1.47. The summed E-state index contributed by atoms with van der Waals surface area (Å²) >= 11 is 13.7. The Labute approximate surface area is 123 Å². The van der Waals surface area contributed by atoms with Gasteiger partial charge in [-0.2, -0.15) is 11.8 Å². The van der Waals surface area contributed by atoms with Crippen molar-refractivity contribution in [2.24, 2.45) is 5.41 Å². The number of benzene rings is 1. The summed E-state index contributed by atoms with van der Waals surface area (Å²) in [7, 11) is 0. The van der Waals surface area contributed by atoms with Crippen LogP contribution in [0.25, 0.3) is 0 Å². The van der Waals surface area contributed by atoms with Gasteiger partial charge in [-0.1, -0.05) is 43.1 Å². The van der Waals surface area contributed by atoms with E-state index in [1.807, 2.05) is 23.9 Å². The highest BCUT2D eigenvalue weighted by Crippen LogP contribution is 2.41. The van der Waals surface area contributed by atoms with Gasteiger partial charge in [0.1, 0.15) is 0 Å². The average molecular weight is 305 g/mol. The van der Waals surface area contributed by atoms with Crippen LogP contribution in [0.1, 0.15) is 25.8 Å². The van der Waals surface area contributed by atoms with Crippen molar-refractivity contribution in [3.05, 3.63) is 33.8 Å². The van der Waals surface area contributed by atoms with Crippen LogP contribution in [0, 0.1) is 5.41 Å². The van der Waals surface area contributed by atoms with E-state index in [1.165, 1.54) is 0 Å². The Bertz CT molecular complexity index is 447. The lowest BCUT2D eigenvalue weighted by Crippen LogP contribution is -2.44. The second-order valence-electron chi connectivity index (χ2n) is 5.98.